The minimum absolute atomic E-state index is 0.518. The highest BCUT2D eigenvalue weighted by Crippen LogP contribution is 2.18. The van der Waals surface area contributed by atoms with E-state index in [1.807, 2.05) is 11.4 Å². The fraction of sp³-hybridized carbons (Fsp3) is 0.500. The van der Waals surface area contributed by atoms with Gasteiger partial charge in [0.05, 0.1) is 6.21 Å². The van der Waals surface area contributed by atoms with Crippen molar-refractivity contribution >= 4 is 50.8 Å². The summed E-state index contributed by atoms with van der Waals surface area (Å²) in [5, 5.41) is 10.1. The largest absolute Gasteiger partial charge is 0.359 e. The van der Waals surface area contributed by atoms with Crippen LogP contribution >= 0.6 is 39.5 Å². The quantitative estimate of drug-likeness (QED) is 0.498. The first-order chi connectivity index (χ1) is 8.74. The monoisotopic (exact) mass is 345 g/mol. The molecule has 1 aromatic rings. The van der Waals surface area contributed by atoms with Gasteiger partial charge in [0.2, 0.25) is 0 Å². The lowest BCUT2D eigenvalue weighted by Crippen LogP contribution is -2.40. The maximum Gasteiger partial charge on any atom is 0.187 e. The second-order valence-electron chi connectivity index (χ2n) is 4.35. The number of rotatable bonds is 3. The highest BCUT2D eigenvalue weighted by Gasteiger charge is 2.13. The van der Waals surface area contributed by atoms with E-state index in [9.17, 15) is 0 Å². The number of hydrazone groups is 1. The van der Waals surface area contributed by atoms with Crippen molar-refractivity contribution in [2.45, 2.75) is 38.1 Å². The van der Waals surface area contributed by atoms with Gasteiger partial charge in [0, 0.05) is 20.8 Å². The lowest BCUT2D eigenvalue weighted by Gasteiger charge is -2.23. The first-order valence-electron chi connectivity index (χ1n) is 6.07. The van der Waals surface area contributed by atoms with Crippen molar-refractivity contribution in [1.29, 1.82) is 0 Å². The van der Waals surface area contributed by atoms with Crippen LogP contribution in [0.3, 0.4) is 0 Å². The Morgan fingerprint density at radius 2 is 2.22 bits per heavy atom. The van der Waals surface area contributed by atoms with Crippen LogP contribution in [0.4, 0.5) is 0 Å². The molecule has 0 spiro atoms. The van der Waals surface area contributed by atoms with Crippen LogP contribution in [0.2, 0.25) is 0 Å². The predicted octanol–water partition coefficient (Wildman–Crippen LogP) is 3.64. The third-order valence-corrected chi connectivity index (χ3v) is 4.72. The molecule has 3 nitrogen and oxygen atoms in total. The molecule has 0 unspecified atom stereocenters. The Bertz CT molecular complexity index is 425. The first-order valence-corrected chi connectivity index (χ1v) is 8.16. The number of nitrogens with zero attached hydrogens (tertiary/aromatic N) is 1. The summed E-state index contributed by atoms with van der Waals surface area (Å²) >= 11 is 10.3. The van der Waals surface area contributed by atoms with Crippen molar-refractivity contribution < 1.29 is 0 Å². The number of halogens is 1. The molecule has 1 fully saturated rings. The summed E-state index contributed by atoms with van der Waals surface area (Å²) in [5.41, 5.74) is 2.87. The van der Waals surface area contributed by atoms with E-state index in [0.29, 0.717) is 11.2 Å². The smallest absolute Gasteiger partial charge is 0.187 e. The second kappa shape index (κ2) is 7.21. The molecule has 6 heteroatoms. The third-order valence-electron chi connectivity index (χ3n) is 2.89. The Labute approximate surface area is 125 Å². The number of nitrogens with one attached hydrogen (secondary N) is 2. The molecule has 1 aliphatic rings. The van der Waals surface area contributed by atoms with E-state index < -0.39 is 0 Å². The number of hydrogen-bond donors (Lipinski definition) is 2. The molecule has 0 saturated heterocycles. The van der Waals surface area contributed by atoms with E-state index in [0.717, 1.165) is 9.35 Å². The van der Waals surface area contributed by atoms with Crippen molar-refractivity contribution in [3.63, 3.8) is 0 Å². The summed E-state index contributed by atoms with van der Waals surface area (Å²) in [4.78, 5) is 1.09. The maximum absolute atomic E-state index is 5.21. The zero-order valence-corrected chi connectivity index (χ0v) is 13.2. The molecule has 0 bridgehead atoms. The van der Waals surface area contributed by atoms with Crippen molar-refractivity contribution in [3.05, 3.63) is 20.8 Å². The number of thiophene rings is 1. The predicted molar refractivity (Wildman–Crippen MR) is 85.4 cm³/mol. The molecule has 98 valence electrons. The summed E-state index contributed by atoms with van der Waals surface area (Å²) in [6, 6.07) is 2.54. The van der Waals surface area contributed by atoms with Crippen LogP contribution in [0.15, 0.2) is 21.0 Å². The van der Waals surface area contributed by atoms with Gasteiger partial charge < -0.3 is 5.32 Å². The first kappa shape index (κ1) is 14.0. The van der Waals surface area contributed by atoms with Crippen LogP contribution in [0.25, 0.3) is 0 Å². The number of hydrogen-bond acceptors (Lipinski definition) is 3. The SMILES string of the molecule is S=C(N/N=C\c1cc(Br)cs1)NC1CCCCC1. The highest BCUT2D eigenvalue weighted by molar-refractivity contribution is 9.10. The molecule has 2 N–H and O–H groups in total. The van der Waals surface area contributed by atoms with Gasteiger partial charge in [-0.1, -0.05) is 19.3 Å². The summed E-state index contributed by atoms with van der Waals surface area (Å²) in [5.74, 6) is 0. The Balaban J connectivity index is 1.72. The van der Waals surface area contributed by atoms with Crippen molar-refractivity contribution in [2.24, 2.45) is 5.10 Å². The van der Waals surface area contributed by atoms with E-state index in [2.05, 4.69) is 31.8 Å². The van der Waals surface area contributed by atoms with Crippen LogP contribution in [0, 0.1) is 0 Å². The fourth-order valence-electron chi connectivity index (χ4n) is 2.02. The number of thiocarbonyl (C=S) groups is 1. The Morgan fingerprint density at radius 1 is 1.44 bits per heavy atom. The van der Waals surface area contributed by atoms with Crippen molar-refractivity contribution in [3.8, 4) is 0 Å². The Kier molecular flexibility index (Phi) is 5.59. The van der Waals surface area contributed by atoms with E-state index in [1.165, 1.54) is 32.1 Å². The van der Waals surface area contributed by atoms with Gasteiger partial charge in [-0.25, -0.2) is 0 Å². The van der Waals surface area contributed by atoms with Gasteiger partial charge in [0.15, 0.2) is 5.11 Å². The molecule has 1 saturated carbocycles. The summed E-state index contributed by atoms with van der Waals surface area (Å²) in [7, 11) is 0. The third kappa shape index (κ3) is 4.66. The summed E-state index contributed by atoms with van der Waals surface area (Å²) in [6.07, 6.45) is 8.15. The van der Waals surface area contributed by atoms with E-state index >= 15 is 0 Å². The van der Waals surface area contributed by atoms with E-state index in [4.69, 9.17) is 12.2 Å². The van der Waals surface area contributed by atoms with E-state index in [1.54, 1.807) is 17.6 Å². The molecule has 1 aromatic heterocycles. The van der Waals surface area contributed by atoms with Gasteiger partial charge in [0.25, 0.3) is 0 Å². The molecular weight excluding hydrogens is 330 g/mol. The lowest BCUT2D eigenvalue weighted by atomic mass is 9.96. The molecule has 0 radical (unpaired) electrons. The summed E-state index contributed by atoms with van der Waals surface area (Å²) in [6.45, 7) is 0. The molecular formula is C12H16BrN3S2. The average molecular weight is 346 g/mol. The topological polar surface area (TPSA) is 36.4 Å². The highest BCUT2D eigenvalue weighted by atomic mass is 79.9. The second-order valence-corrected chi connectivity index (χ2v) is 6.61. The zero-order chi connectivity index (χ0) is 12.8. The molecule has 1 heterocycles. The van der Waals surface area contributed by atoms with Gasteiger partial charge >= 0.3 is 0 Å². The molecule has 18 heavy (non-hydrogen) atoms. The van der Waals surface area contributed by atoms with Gasteiger partial charge in [-0.15, -0.1) is 11.3 Å². The fourth-order valence-corrected chi connectivity index (χ4v) is 3.54. The molecule has 0 aromatic carbocycles. The minimum Gasteiger partial charge on any atom is -0.359 e. The summed E-state index contributed by atoms with van der Waals surface area (Å²) < 4.78 is 1.08. The van der Waals surface area contributed by atoms with Crippen molar-refractivity contribution in [2.75, 3.05) is 0 Å². The molecule has 0 aliphatic heterocycles. The standard InChI is InChI=1S/C12H16BrN3S2/c13-9-6-11(18-8-9)7-14-16-12(17)15-10-4-2-1-3-5-10/h6-8,10H,1-5H2,(H2,15,16,17)/b14-7-. The molecule has 2 rings (SSSR count). The molecule has 0 atom stereocenters. The minimum atomic E-state index is 0.518. The normalized spacial score (nSPS) is 16.9. The van der Waals surface area contributed by atoms with Gasteiger partial charge in [0.1, 0.15) is 0 Å². The van der Waals surface area contributed by atoms with Crippen LogP contribution < -0.4 is 10.7 Å². The Hall–Kier alpha value is -0.460. The van der Waals surface area contributed by atoms with Gasteiger partial charge in [-0.3, -0.25) is 5.43 Å². The molecule has 0 amide bonds. The average Bonchev–Trinajstić information content (AvgIpc) is 2.76. The zero-order valence-electron chi connectivity index (χ0n) is 9.99. The van der Waals surface area contributed by atoms with Crippen LogP contribution in [-0.2, 0) is 0 Å². The maximum atomic E-state index is 5.21. The lowest BCUT2D eigenvalue weighted by molar-refractivity contribution is 0.412. The van der Waals surface area contributed by atoms with Crippen LogP contribution in [-0.4, -0.2) is 17.4 Å². The van der Waals surface area contributed by atoms with Crippen LogP contribution in [0.5, 0.6) is 0 Å². The van der Waals surface area contributed by atoms with Crippen LogP contribution in [0.1, 0.15) is 37.0 Å². The van der Waals surface area contributed by atoms with Gasteiger partial charge in [-0.2, -0.15) is 5.10 Å². The Morgan fingerprint density at radius 3 is 2.89 bits per heavy atom. The van der Waals surface area contributed by atoms with E-state index in [-0.39, 0.29) is 0 Å². The molecule has 1 aliphatic carbocycles. The van der Waals surface area contributed by atoms with Crippen molar-refractivity contribution in [1.82, 2.24) is 10.7 Å². The van der Waals surface area contributed by atoms with Gasteiger partial charge in [-0.05, 0) is 47.1 Å².